The van der Waals surface area contributed by atoms with Crippen LogP contribution in [0.5, 0.6) is 0 Å². The maximum absolute atomic E-state index is 12.4. The number of aryl methyl sites for hydroxylation is 1. The fourth-order valence-corrected chi connectivity index (χ4v) is 4.20. The Morgan fingerprint density at radius 1 is 0.958 bits per heavy atom. The third kappa shape index (κ3) is 5.13. The van der Waals surface area contributed by atoms with Crippen molar-refractivity contribution in [1.82, 2.24) is 4.72 Å². The highest BCUT2D eigenvalue weighted by Gasteiger charge is 2.19. The Labute approximate surface area is 142 Å². The van der Waals surface area contributed by atoms with E-state index in [0.29, 0.717) is 6.42 Å². The van der Waals surface area contributed by atoms with Crippen LogP contribution in [0.1, 0.15) is 18.9 Å². The third-order valence-corrected chi connectivity index (χ3v) is 6.01. The third-order valence-electron chi connectivity index (χ3n) is 3.51. The molecular formula is C16H20N2O4S2. The average Bonchev–Trinajstić information content (AvgIpc) is 2.53. The highest BCUT2D eigenvalue weighted by molar-refractivity contribution is 7.90. The molecule has 2 aromatic rings. The van der Waals surface area contributed by atoms with Crippen LogP contribution in [0.2, 0.25) is 0 Å². The second-order valence-electron chi connectivity index (χ2n) is 5.57. The molecule has 0 saturated carbocycles. The van der Waals surface area contributed by atoms with Crippen molar-refractivity contribution >= 4 is 20.0 Å². The van der Waals surface area contributed by atoms with Gasteiger partial charge in [-0.25, -0.2) is 26.7 Å². The summed E-state index contributed by atoms with van der Waals surface area (Å²) < 4.78 is 50.0. The van der Waals surface area contributed by atoms with Crippen molar-refractivity contribution in [1.29, 1.82) is 0 Å². The number of hydrogen-bond donors (Lipinski definition) is 2. The van der Waals surface area contributed by atoms with Gasteiger partial charge >= 0.3 is 0 Å². The largest absolute Gasteiger partial charge is 0.240 e. The predicted molar refractivity (Wildman–Crippen MR) is 92.4 cm³/mol. The van der Waals surface area contributed by atoms with Crippen molar-refractivity contribution in [2.45, 2.75) is 35.6 Å². The van der Waals surface area contributed by atoms with E-state index in [1.807, 2.05) is 30.3 Å². The lowest BCUT2D eigenvalue weighted by atomic mass is 10.1. The van der Waals surface area contributed by atoms with E-state index in [1.165, 1.54) is 18.2 Å². The quantitative estimate of drug-likeness (QED) is 0.774. The molecule has 0 saturated heterocycles. The lowest BCUT2D eigenvalue weighted by Crippen LogP contribution is -2.33. The van der Waals surface area contributed by atoms with Crippen LogP contribution in [0.4, 0.5) is 0 Å². The zero-order valence-electron chi connectivity index (χ0n) is 13.2. The molecule has 0 radical (unpaired) electrons. The summed E-state index contributed by atoms with van der Waals surface area (Å²) in [6.07, 6.45) is 1.36. The molecule has 2 aromatic carbocycles. The van der Waals surface area contributed by atoms with E-state index < -0.39 is 20.0 Å². The van der Waals surface area contributed by atoms with Gasteiger partial charge in [-0.05, 0) is 43.5 Å². The van der Waals surface area contributed by atoms with Gasteiger partial charge in [0, 0.05) is 6.04 Å². The van der Waals surface area contributed by atoms with Crippen molar-refractivity contribution in [3.8, 4) is 0 Å². The molecule has 130 valence electrons. The fraction of sp³-hybridized carbons (Fsp3) is 0.250. The second-order valence-corrected chi connectivity index (χ2v) is 8.84. The standard InChI is InChI=1S/C16H20N2O4S2/c1-13(10-11-14-6-3-2-4-7-14)18-24(21,22)16-9-5-8-15(12-16)23(17,19)20/h2-9,12-13,18H,10-11H2,1H3,(H2,17,19,20). The van der Waals surface area contributed by atoms with E-state index in [2.05, 4.69) is 4.72 Å². The Balaban J connectivity index is 2.08. The maximum atomic E-state index is 12.4. The van der Waals surface area contributed by atoms with Crippen molar-refractivity contribution in [2.75, 3.05) is 0 Å². The molecule has 1 atom stereocenters. The monoisotopic (exact) mass is 368 g/mol. The van der Waals surface area contributed by atoms with Crippen LogP contribution in [-0.4, -0.2) is 22.9 Å². The van der Waals surface area contributed by atoms with Crippen LogP contribution in [0, 0.1) is 0 Å². The highest BCUT2D eigenvalue weighted by Crippen LogP contribution is 2.15. The van der Waals surface area contributed by atoms with Gasteiger partial charge in [0.05, 0.1) is 9.79 Å². The van der Waals surface area contributed by atoms with Crippen LogP contribution in [0.3, 0.4) is 0 Å². The zero-order chi connectivity index (χ0) is 17.8. The molecule has 8 heteroatoms. The van der Waals surface area contributed by atoms with Gasteiger partial charge in [0.15, 0.2) is 0 Å². The van der Waals surface area contributed by atoms with Gasteiger partial charge in [-0.2, -0.15) is 0 Å². The minimum absolute atomic E-state index is 0.124. The van der Waals surface area contributed by atoms with Crippen molar-refractivity contribution in [3.63, 3.8) is 0 Å². The van der Waals surface area contributed by atoms with Gasteiger partial charge < -0.3 is 0 Å². The maximum Gasteiger partial charge on any atom is 0.240 e. The SMILES string of the molecule is CC(CCc1ccccc1)NS(=O)(=O)c1cccc(S(N)(=O)=O)c1. The highest BCUT2D eigenvalue weighted by atomic mass is 32.2. The van der Waals surface area contributed by atoms with Gasteiger partial charge in [-0.1, -0.05) is 36.4 Å². The van der Waals surface area contributed by atoms with Gasteiger partial charge in [-0.15, -0.1) is 0 Å². The smallest absolute Gasteiger partial charge is 0.225 e. The summed E-state index contributed by atoms with van der Waals surface area (Å²) in [6.45, 7) is 1.77. The molecule has 3 N–H and O–H groups in total. The minimum atomic E-state index is -3.95. The summed E-state index contributed by atoms with van der Waals surface area (Å²) in [5.74, 6) is 0. The van der Waals surface area contributed by atoms with Gasteiger partial charge in [0.1, 0.15) is 0 Å². The molecule has 24 heavy (non-hydrogen) atoms. The first kappa shape index (κ1) is 18.6. The first-order valence-corrected chi connectivity index (χ1v) is 10.4. The van der Waals surface area contributed by atoms with Crippen LogP contribution < -0.4 is 9.86 Å². The van der Waals surface area contributed by atoms with Gasteiger partial charge in [0.2, 0.25) is 20.0 Å². The Bertz CT molecular complexity index is 895. The predicted octanol–water partition coefficient (Wildman–Crippen LogP) is 1.63. The number of nitrogens with two attached hydrogens (primary N) is 1. The van der Waals surface area contributed by atoms with Crippen molar-refractivity contribution < 1.29 is 16.8 Å². The summed E-state index contributed by atoms with van der Waals surface area (Å²) >= 11 is 0. The molecule has 0 fully saturated rings. The van der Waals surface area contributed by atoms with Crippen LogP contribution in [0.15, 0.2) is 64.4 Å². The number of nitrogens with one attached hydrogen (secondary N) is 1. The van der Waals surface area contributed by atoms with E-state index in [0.717, 1.165) is 18.1 Å². The molecule has 0 aromatic heterocycles. The van der Waals surface area contributed by atoms with Crippen LogP contribution >= 0.6 is 0 Å². The van der Waals surface area contributed by atoms with E-state index in [9.17, 15) is 16.8 Å². The minimum Gasteiger partial charge on any atom is -0.225 e. The number of hydrogen-bond acceptors (Lipinski definition) is 4. The lowest BCUT2D eigenvalue weighted by Gasteiger charge is -2.14. The summed E-state index contributed by atoms with van der Waals surface area (Å²) in [5, 5.41) is 5.04. The molecule has 6 nitrogen and oxygen atoms in total. The first-order chi connectivity index (χ1) is 11.2. The van der Waals surface area contributed by atoms with E-state index >= 15 is 0 Å². The zero-order valence-corrected chi connectivity index (χ0v) is 14.8. The lowest BCUT2D eigenvalue weighted by molar-refractivity contribution is 0.546. The number of benzene rings is 2. The molecule has 1 unspecified atom stereocenters. The van der Waals surface area contributed by atoms with Crippen molar-refractivity contribution in [2.24, 2.45) is 5.14 Å². The van der Waals surface area contributed by atoms with Crippen LogP contribution in [0.25, 0.3) is 0 Å². The molecule has 0 amide bonds. The summed E-state index contributed by atoms with van der Waals surface area (Å²) in [6, 6.07) is 14.5. The fourth-order valence-electron chi connectivity index (χ4n) is 2.24. The molecule has 0 bridgehead atoms. The molecule has 2 rings (SSSR count). The Kier molecular flexibility index (Phi) is 5.76. The van der Waals surface area contributed by atoms with Gasteiger partial charge in [-0.3, -0.25) is 0 Å². The molecule has 0 aliphatic carbocycles. The van der Waals surface area contributed by atoms with Crippen molar-refractivity contribution in [3.05, 3.63) is 60.2 Å². The average molecular weight is 368 g/mol. The molecule has 0 aliphatic heterocycles. The molecule has 0 heterocycles. The summed E-state index contributed by atoms with van der Waals surface area (Å²) in [4.78, 5) is -0.358. The molecular weight excluding hydrogens is 348 g/mol. The normalized spacial score (nSPS) is 13.6. The molecule has 0 spiro atoms. The van der Waals surface area contributed by atoms with Crippen LogP contribution in [-0.2, 0) is 26.5 Å². The molecule has 0 aliphatic rings. The van der Waals surface area contributed by atoms with E-state index in [-0.39, 0.29) is 15.8 Å². The van der Waals surface area contributed by atoms with E-state index in [4.69, 9.17) is 5.14 Å². The van der Waals surface area contributed by atoms with E-state index in [1.54, 1.807) is 6.92 Å². The summed E-state index contributed by atoms with van der Waals surface area (Å²) in [5.41, 5.74) is 1.12. The Hall–Kier alpha value is -1.74. The number of rotatable bonds is 7. The topological polar surface area (TPSA) is 106 Å². The summed E-state index contributed by atoms with van der Waals surface area (Å²) in [7, 11) is -7.77. The van der Waals surface area contributed by atoms with Gasteiger partial charge in [0.25, 0.3) is 0 Å². The Morgan fingerprint density at radius 3 is 2.21 bits per heavy atom. The number of primary sulfonamides is 1. The Morgan fingerprint density at radius 2 is 1.58 bits per heavy atom. The second kappa shape index (κ2) is 7.43. The number of sulfonamides is 2. The first-order valence-electron chi connectivity index (χ1n) is 7.37.